The maximum atomic E-state index is 14.0. The molecule has 1 spiro atoms. The minimum atomic E-state index is -1.07. The zero-order chi connectivity index (χ0) is 24.8. The van der Waals surface area contributed by atoms with Crippen molar-refractivity contribution in [1.29, 1.82) is 0 Å². The number of aliphatic hydroxyl groups excluding tert-OH is 1. The molecule has 2 unspecified atom stereocenters. The highest BCUT2D eigenvalue weighted by atomic mass is 16.5. The topological polar surface area (TPSA) is 108 Å². The number of likely N-dealkylation sites (tertiary alicyclic amines) is 1. The number of nitrogens with one attached hydrogen (secondary N) is 2. The molecule has 3 N–H and O–H groups in total. The number of carbonyl (C=O) groups is 3. The summed E-state index contributed by atoms with van der Waals surface area (Å²) in [7, 11) is 0. The Morgan fingerprint density at radius 1 is 1.21 bits per heavy atom. The summed E-state index contributed by atoms with van der Waals surface area (Å²) in [5, 5.41) is 16.2. The molecule has 2 bridgehead atoms. The van der Waals surface area contributed by atoms with Crippen molar-refractivity contribution in [2.75, 3.05) is 11.9 Å². The molecule has 6 atom stereocenters. The largest absolute Gasteiger partial charge is 0.394 e. The van der Waals surface area contributed by atoms with Crippen LogP contribution >= 0.6 is 0 Å². The third-order valence-electron chi connectivity index (χ3n) is 7.18. The van der Waals surface area contributed by atoms with Gasteiger partial charge in [-0.25, -0.2) is 0 Å². The Hall–Kier alpha value is -2.45. The van der Waals surface area contributed by atoms with Crippen LogP contribution in [0.15, 0.2) is 30.3 Å². The quantitative estimate of drug-likeness (QED) is 0.566. The van der Waals surface area contributed by atoms with Crippen molar-refractivity contribution in [1.82, 2.24) is 10.2 Å². The van der Waals surface area contributed by atoms with E-state index in [0.29, 0.717) is 24.9 Å². The number of ether oxygens (including phenoxy) is 1. The van der Waals surface area contributed by atoms with Crippen LogP contribution in [0, 0.1) is 17.8 Å². The summed E-state index contributed by atoms with van der Waals surface area (Å²) in [6.07, 6.45) is 1.27. The number of para-hydroxylation sites is 1. The molecule has 3 saturated heterocycles. The Labute approximate surface area is 201 Å². The van der Waals surface area contributed by atoms with E-state index in [1.54, 1.807) is 12.1 Å². The number of hydrogen-bond acceptors (Lipinski definition) is 5. The summed E-state index contributed by atoms with van der Waals surface area (Å²) >= 11 is 0. The van der Waals surface area contributed by atoms with E-state index in [0.717, 1.165) is 0 Å². The van der Waals surface area contributed by atoms with Gasteiger partial charge in [-0.05, 0) is 58.1 Å². The first kappa shape index (κ1) is 24.7. The lowest BCUT2D eigenvalue weighted by atomic mass is 9.70. The summed E-state index contributed by atoms with van der Waals surface area (Å²) in [5.41, 5.74) is -0.921. The molecule has 34 heavy (non-hydrogen) atoms. The van der Waals surface area contributed by atoms with Gasteiger partial charge in [-0.1, -0.05) is 32.0 Å². The molecular formula is C26H37N3O5. The van der Waals surface area contributed by atoms with Crippen LogP contribution in [0.3, 0.4) is 0 Å². The highest BCUT2D eigenvalue weighted by Gasteiger charge is 2.75. The van der Waals surface area contributed by atoms with Gasteiger partial charge in [0.2, 0.25) is 17.7 Å². The van der Waals surface area contributed by atoms with E-state index < -0.39 is 41.2 Å². The standard InChI is InChI=1S/C26H37N3O5/c1-15(2)13-17(14-30)29-21(23(32)28-25(3,4)5)26-12-11-18(34-26)19(20(26)24(29)33)22(31)27-16-9-7-6-8-10-16/h6-10,15,17-21,30H,11-14H2,1-5H3,(H,27,31)(H,28,32)/t17-,18-,19+,20+,21?,26?/m1/s1. The zero-order valence-corrected chi connectivity index (χ0v) is 20.7. The monoisotopic (exact) mass is 471 g/mol. The molecule has 3 amide bonds. The van der Waals surface area contributed by atoms with E-state index in [4.69, 9.17) is 4.74 Å². The van der Waals surface area contributed by atoms with Gasteiger partial charge in [0.05, 0.1) is 30.6 Å². The molecule has 1 aromatic rings. The number of benzene rings is 1. The second kappa shape index (κ2) is 8.96. The second-order valence-corrected chi connectivity index (χ2v) is 11.4. The van der Waals surface area contributed by atoms with Crippen LogP contribution in [0.25, 0.3) is 0 Å². The minimum Gasteiger partial charge on any atom is -0.394 e. The number of nitrogens with zero attached hydrogens (tertiary/aromatic N) is 1. The predicted molar refractivity (Wildman–Crippen MR) is 128 cm³/mol. The van der Waals surface area contributed by atoms with Crippen molar-refractivity contribution < 1.29 is 24.2 Å². The van der Waals surface area contributed by atoms with Crippen LogP contribution in [0.1, 0.15) is 53.9 Å². The molecule has 1 aromatic carbocycles. The summed E-state index contributed by atoms with van der Waals surface area (Å²) in [6, 6.07) is 7.72. The number of aliphatic hydroxyl groups is 1. The van der Waals surface area contributed by atoms with Gasteiger partial charge in [0.25, 0.3) is 0 Å². The van der Waals surface area contributed by atoms with Gasteiger partial charge in [0.15, 0.2) is 0 Å². The highest BCUT2D eigenvalue weighted by molar-refractivity contribution is 6.02. The highest BCUT2D eigenvalue weighted by Crippen LogP contribution is 2.59. The Morgan fingerprint density at radius 3 is 2.47 bits per heavy atom. The summed E-state index contributed by atoms with van der Waals surface area (Å²) in [4.78, 5) is 42.6. The summed E-state index contributed by atoms with van der Waals surface area (Å²) < 4.78 is 6.44. The van der Waals surface area contributed by atoms with E-state index in [2.05, 4.69) is 10.6 Å². The van der Waals surface area contributed by atoms with Crippen LogP contribution in [0.2, 0.25) is 0 Å². The van der Waals surface area contributed by atoms with Gasteiger partial charge >= 0.3 is 0 Å². The van der Waals surface area contributed by atoms with Crippen molar-refractivity contribution in [2.45, 2.75) is 83.2 Å². The first-order valence-electron chi connectivity index (χ1n) is 12.3. The number of amides is 3. The first-order chi connectivity index (χ1) is 16.0. The van der Waals surface area contributed by atoms with Crippen LogP contribution < -0.4 is 10.6 Å². The molecule has 8 heteroatoms. The molecule has 0 saturated carbocycles. The molecule has 3 aliphatic heterocycles. The first-order valence-corrected chi connectivity index (χ1v) is 12.3. The van der Waals surface area contributed by atoms with Gasteiger partial charge in [0.1, 0.15) is 11.6 Å². The van der Waals surface area contributed by atoms with Crippen molar-refractivity contribution in [3.05, 3.63) is 30.3 Å². The van der Waals surface area contributed by atoms with Crippen molar-refractivity contribution in [3.63, 3.8) is 0 Å². The summed E-state index contributed by atoms with van der Waals surface area (Å²) in [6.45, 7) is 9.46. The smallest absolute Gasteiger partial charge is 0.246 e. The lowest BCUT2D eigenvalue weighted by molar-refractivity contribution is -0.146. The Bertz CT molecular complexity index is 944. The van der Waals surface area contributed by atoms with E-state index in [9.17, 15) is 19.5 Å². The number of hydrogen-bond donors (Lipinski definition) is 3. The van der Waals surface area contributed by atoms with Gasteiger partial charge < -0.3 is 25.4 Å². The lowest BCUT2D eigenvalue weighted by Crippen LogP contribution is -2.60. The fourth-order valence-corrected chi connectivity index (χ4v) is 6.09. The van der Waals surface area contributed by atoms with Crippen molar-refractivity contribution >= 4 is 23.4 Å². The average molecular weight is 472 g/mol. The average Bonchev–Trinajstić information content (AvgIpc) is 3.38. The molecule has 186 valence electrons. The number of fused-ring (bicyclic) bond motifs is 1. The van der Waals surface area contributed by atoms with Gasteiger partial charge in [-0.15, -0.1) is 0 Å². The molecule has 0 radical (unpaired) electrons. The Balaban J connectivity index is 1.72. The SMILES string of the molecule is CC(C)C[C@H](CO)N1C(=O)[C@@H]2[C@@H](C(=O)Nc3ccccc3)[C@H]3CCC2(O3)C1C(=O)NC(C)(C)C. The van der Waals surface area contributed by atoms with E-state index in [1.165, 1.54) is 4.90 Å². The zero-order valence-electron chi connectivity index (χ0n) is 20.7. The number of rotatable bonds is 7. The van der Waals surface area contributed by atoms with Crippen LogP contribution in [0.4, 0.5) is 5.69 Å². The van der Waals surface area contributed by atoms with Gasteiger partial charge in [-0.3, -0.25) is 14.4 Å². The molecule has 3 heterocycles. The molecule has 4 rings (SSSR count). The molecule has 3 aliphatic rings. The van der Waals surface area contributed by atoms with Crippen LogP contribution in [-0.2, 0) is 19.1 Å². The third kappa shape index (κ3) is 4.22. The van der Waals surface area contributed by atoms with E-state index in [1.807, 2.05) is 52.8 Å². The van der Waals surface area contributed by atoms with Gasteiger partial charge in [-0.2, -0.15) is 0 Å². The molecular weight excluding hydrogens is 434 g/mol. The Morgan fingerprint density at radius 2 is 1.88 bits per heavy atom. The minimum absolute atomic E-state index is 0.212. The van der Waals surface area contributed by atoms with Crippen molar-refractivity contribution in [2.24, 2.45) is 17.8 Å². The van der Waals surface area contributed by atoms with E-state index >= 15 is 0 Å². The third-order valence-corrected chi connectivity index (χ3v) is 7.18. The van der Waals surface area contributed by atoms with Gasteiger partial charge in [0, 0.05) is 11.2 Å². The molecule has 0 aromatic heterocycles. The second-order valence-electron chi connectivity index (χ2n) is 11.4. The number of carbonyl (C=O) groups excluding carboxylic acids is 3. The Kier molecular flexibility index (Phi) is 6.50. The van der Waals surface area contributed by atoms with Crippen LogP contribution in [0.5, 0.6) is 0 Å². The number of anilines is 1. The van der Waals surface area contributed by atoms with Crippen LogP contribution in [-0.4, -0.2) is 63.7 Å². The molecule has 3 fully saturated rings. The molecule has 0 aliphatic carbocycles. The normalized spacial score (nSPS) is 31.0. The predicted octanol–water partition coefficient (Wildman–Crippen LogP) is 2.32. The lowest BCUT2D eigenvalue weighted by Gasteiger charge is -2.38. The fraction of sp³-hybridized carbons (Fsp3) is 0.654. The fourth-order valence-electron chi connectivity index (χ4n) is 6.09. The maximum absolute atomic E-state index is 14.0. The van der Waals surface area contributed by atoms with E-state index in [-0.39, 0.29) is 30.2 Å². The molecule has 8 nitrogen and oxygen atoms in total. The summed E-state index contributed by atoms with van der Waals surface area (Å²) in [5.74, 6) is -2.07. The maximum Gasteiger partial charge on any atom is 0.246 e. The van der Waals surface area contributed by atoms with Crippen molar-refractivity contribution in [3.8, 4) is 0 Å².